The van der Waals surface area contributed by atoms with Crippen LogP contribution >= 0.6 is 11.6 Å². The first kappa shape index (κ1) is 11.5. The van der Waals surface area contributed by atoms with Crippen molar-refractivity contribution in [1.82, 2.24) is 4.90 Å². The van der Waals surface area contributed by atoms with E-state index in [1.807, 2.05) is 18.2 Å². The molecule has 0 amide bonds. The Balaban J connectivity index is 1.64. The van der Waals surface area contributed by atoms with Gasteiger partial charge in [0.2, 0.25) is 0 Å². The molecule has 2 aliphatic rings. The van der Waals surface area contributed by atoms with E-state index in [-0.39, 0.29) is 6.10 Å². The van der Waals surface area contributed by atoms with Gasteiger partial charge in [-0.25, -0.2) is 0 Å². The number of rotatable bonds is 2. The molecule has 0 radical (unpaired) electrons. The van der Waals surface area contributed by atoms with Gasteiger partial charge >= 0.3 is 0 Å². The van der Waals surface area contributed by atoms with Crippen LogP contribution in [0.2, 0.25) is 5.02 Å². The Hall–Kier alpha value is -0.570. The normalized spacial score (nSPS) is 32.9. The van der Waals surface area contributed by atoms with Gasteiger partial charge in [-0.15, -0.1) is 0 Å². The van der Waals surface area contributed by atoms with Crippen LogP contribution in [0.4, 0.5) is 0 Å². The zero-order valence-electron chi connectivity index (χ0n) is 9.85. The molecular weight excluding hydrogens is 234 g/mol. The molecular formula is C14H18ClNO. The third-order valence-corrected chi connectivity index (χ3v) is 4.52. The molecule has 1 aromatic carbocycles. The maximum atomic E-state index is 9.62. The average Bonchev–Trinajstić information content (AvgIpc) is 2.78. The minimum atomic E-state index is -0.0486. The smallest absolute Gasteiger partial charge is 0.0546 e. The molecule has 1 aliphatic carbocycles. The van der Waals surface area contributed by atoms with Crippen molar-refractivity contribution in [3.8, 4) is 0 Å². The third kappa shape index (κ3) is 2.35. The SMILES string of the molecule is OC1C[C@@H]2CN(Cc3ccccc3Cl)C[C@@H]2C1. The van der Waals surface area contributed by atoms with Gasteiger partial charge in [0.05, 0.1) is 6.10 Å². The molecule has 0 bridgehead atoms. The number of fused-ring (bicyclic) bond motifs is 1. The summed E-state index contributed by atoms with van der Waals surface area (Å²) in [6.07, 6.45) is 1.93. The fraction of sp³-hybridized carbons (Fsp3) is 0.571. The van der Waals surface area contributed by atoms with Crippen LogP contribution in [0.1, 0.15) is 18.4 Å². The Kier molecular flexibility index (Phi) is 3.12. The maximum Gasteiger partial charge on any atom is 0.0546 e. The van der Waals surface area contributed by atoms with E-state index in [0.717, 1.165) is 37.5 Å². The molecule has 0 aromatic heterocycles. The van der Waals surface area contributed by atoms with E-state index in [0.29, 0.717) is 11.8 Å². The van der Waals surface area contributed by atoms with Gasteiger partial charge in [0.1, 0.15) is 0 Å². The molecule has 1 unspecified atom stereocenters. The lowest BCUT2D eigenvalue weighted by molar-refractivity contribution is 0.161. The number of aliphatic hydroxyl groups is 1. The minimum absolute atomic E-state index is 0.0486. The van der Waals surface area contributed by atoms with Crippen LogP contribution in [0.5, 0.6) is 0 Å². The molecule has 1 aliphatic heterocycles. The van der Waals surface area contributed by atoms with E-state index in [1.54, 1.807) is 0 Å². The number of nitrogens with zero attached hydrogens (tertiary/aromatic N) is 1. The lowest BCUT2D eigenvalue weighted by atomic mass is 10.0. The predicted octanol–water partition coefficient (Wildman–Crippen LogP) is 2.54. The zero-order chi connectivity index (χ0) is 11.8. The molecule has 92 valence electrons. The molecule has 1 heterocycles. The molecule has 0 spiro atoms. The predicted molar refractivity (Wildman–Crippen MR) is 68.9 cm³/mol. The number of hydrogen-bond donors (Lipinski definition) is 1. The van der Waals surface area contributed by atoms with Crippen LogP contribution in [0, 0.1) is 11.8 Å². The average molecular weight is 252 g/mol. The molecule has 3 atom stereocenters. The Morgan fingerprint density at radius 3 is 2.47 bits per heavy atom. The van der Waals surface area contributed by atoms with Gasteiger partial charge in [-0.1, -0.05) is 29.8 Å². The van der Waals surface area contributed by atoms with Gasteiger partial charge in [-0.2, -0.15) is 0 Å². The number of halogens is 1. The van der Waals surface area contributed by atoms with Gasteiger partial charge in [-0.3, -0.25) is 4.90 Å². The summed E-state index contributed by atoms with van der Waals surface area (Å²) in [7, 11) is 0. The van der Waals surface area contributed by atoms with Gasteiger partial charge < -0.3 is 5.11 Å². The first-order valence-electron chi connectivity index (χ1n) is 6.36. The second kappa shape index (κ2) is 4.60. The van der Waals surface area contributed by atoms with E-state index in [2.05, 4.69) is 11.0 Å². The van der Waals surface area contributed by atoms with E-state index >= 15 is 0 Å². The molecule has 2 fully saturated rings. The van der Waals surface area contributed by atoms with Crippen molar-refractivity contribution in [2.75, 3.05) is 13.1 Å². The summed E-state index contributed by atoms with van der Waals surface area (Å²) < 4.78 is 0. The summed E-state index contributed by atoms with van der Waals surface area (Å²) in [6.45, 7) is 3.18. The van der Waals surface area contributed by atoms with Gasteiger partial charge in [0.15, 0.2) is 0 Å². The van der Waals surface area contributed by atoms with Crippen LogP contribution in [0.15, 0.2) is 24.3 Å². The lowest BCUT2D eigenvalue weighted by Gasteiger charge is -2.18. The summed E-state index contributed by atoms with van der Waals surface area (Å²) in [5, 5.41) is 10.5. The minimum Gasteiger partial charge on any atom is -0.393 e. The topological polar surface area (TPSA) is 23.5 Å². The van der Waals surface area contributed by atoms with Crippen molar-refractivity contribution < 1.29 is 5.11 Å². The number of benzene rings is 1. The molecule has 1 saturated heterocycles. The Labute approximate surface area is 107 Å². The second-order valence-electron chi connectivity index (χ2n) is 5.43. The molecule has 1 N–H and O–H groups in total. The lowest BCUT2D eigenvalue weighted by Crippen LogP contribution is -2.22. The van der Waals surface area contributed by atoms with E-state index in [1.165, 1.54) is 5.56 Å². The quantitative estimate of drug-likeness (QED) is 0.873. The monoisotopic (exact) mass is 251 g/mol. The highest BCUT2D eigenvalue weighted by Crippen LogP contribution is 2.38. The standard InChI is InChI=1S/C14H18ClNO/c15-14-4-2-1-3-10(14)7-16-8-11-5-13(17)6-12(11)9-16/h1-4,11-13,17H,5-9H2/t11-,12+,13?. The van der Waals surface area contributed by atoms with Gasteiger partial charge in [0, 0.05) is 24.7 Å². The van der Waals surface area contributed by atoms with Gasteiger partial charge in [-0.05, 0) is 36.3 Å². The first-order valence-corrected chi connectivity index (χ1v) is 6.74. The fourth-order valence-electron chi connectivity index (χ4n) is 3.36. The molecule has 17 heavy (non-hydrogen) atoms. The molecule has 1 saturated carbocycles. The van der Waals surface area contributed by atoms with Crippen LogP contribution in [0.25, 0.3) is 0 Å². The van der Waals surface area contributed by atoms with Crippen molar-refractivity contribution in [3.63, 3.8) is 0 Å². The molecule has 3 rings (SSSR count). The molecule has 2 nitrogen and oxygen atoms in total. The number of aliphatic hydroxyl groups excluding tert-OH is 1. The largest absolute Gasteiger partial charge is 0.393 e. The second-order valence-corrected chi connectivity index (χ2v) is 5.84. The summed E-state index contributed by atoms with van der Waals surface area (Å²) in [5.41, 5.74) is 1.22. The van der Waals surface area contributed by atoms with Crippen LogP contribution in [-0.2, 0) is 6.54 Å². The van der Waals surface area contributed by atoms with Crippen molar-refractivity contribution in [1.29, 1.82) is 0 Å². The highest BCUT2D eigenvalue weighted by molar-refractivity contribution is 6.31. The summed E-state index contributed by atoms with van der Waals surface area (Å²) in [5.74, 6) is 1.40. The number of likely N-dealkylation sites (tertiary alicyclic amines) is 1. The highest BCUT2D eigenvalue weighted by Gasteiger charge is 2.39. The molecule has 1 aromatic rings. The Morgan fingerprint density at radius 2 is 1.82 bits per heavy atom. The van der Waals surface area contributed by atoms with E-state index < -0.39 is 0 Å². The van der Waals surface area contributed by atoms with E-state index in [4.69, 9.17) is 11.6 Å². The third-order valence-electron chi connectivity index (χ3n) is 4.15. The van der Waals surface area contributed by atoms with Crippen molar-refractivity contribution in [2.45, 2.75) is 25.5 Å². The Morgan fingerprint density at radius 1 is 1.18 bits per heavy atom. The van der Waals surface area contributed by atoms with Crippen molar-refractivity contribution in [3.05, 3.63) is 34.9 Å². The summed E-state index contributed by atoms with van der Waals surface area (Å²) >= 11 is 6.18. The van der Waals surface area contributed by atoms with Crippen molar-refractivity contribution in [2.24, 2.45) is 11.8 Å². The van der Waals surface area contributed by atoms with Gasteiger partial charge in [0.25, 0.3) is 0 Å². The summed E-state index contributed by atoms with van der Waals surface area (Å²) in [6, 6.07) is 8.07. The van der Waals surface area contributed by atoms with Crippen molar-refractivity contribution >= 4 is 11.6 Å². The molecule has 3 heteroatoms. The Bertz CT molecular complexity index is 395. The highest BCUT2D eigenvalue weighted by atomic mass is 35.5. The van der Waals surface area contributed by atoms with Crippen LogP contribution in [-0.4, -0.2) is 29.2 Å². The van der Waals surface area contributed by atoms with Crippen LogP contribution < -0.4 is 0 Å². The number of hydrogen-bond acceptors (Lipinski definition) is 2. The maximum absolute atomic E-state index is 9.62. The first-order chi connectivity index (χ1) is 8.22. The summed E-state index contributed by atoms with van der Waals surface area (Å²) in [4.78, 5) is 2.47. The fourth-order valence-corrected chi connectivity index (χ4v) is 3.56. The van der Waals surface area contributed by atoms with E-state index in [9.17, 15) is 5.11 Å². The van der Waals surface area contributed by atoms with Crippen LogP contribution in [0.3, 0.4) is 0 Å². The zero-order valence-corrected chi connectivity index (χ0v) is 10.6.